The summed E-state index contributed by atoms with van der Waals surface area (Å²) in [6.07, 6.45) is 8.67. The molecule has 1 aliphatic carbocycles. The van der Waals surface area contributed by atoms with Gasteiger partial charge in [0.25, 0.3) is 0 Å². The molecule has 3 rings (SSSR count). The van der Waals surface area contributed by atoms with E-state index in [0.29, 0.717) is 5.92 Å². The number of hydrogen-bond acceptors (Lipinski definition) is 2. The fraction of sp³-hybridized carbons (Fsp3) is 0.438. The summed E-state index contributed by atoms with van der Waals surface area (Å²) in [7, 11) is 1.95. The molecule has 1 aliphatic rings. The van der Waals surface area contributed by atoms with Crippen molar-refractivity contribution in [3.8, 4) is 0 Å². The number of rotatable bonds is 2. The lowest BCUT2D eigenvalue weighted by molar-refractivity contribution is 0.254. The minimum Gasteiger partial charge on any atom is -0.321 e. The van der Waals surface area contributed by atoms with Crippen molar-refractivity contribution in [2.24, 2.45) is 12.8 Å². The lowest BCUT2D eigenvalue weighted by Gasteiger charge is -2.41. The Labute approximate surface area is 114 Å². The molecule has 1 aromatic carbocycles. The van der Waals surface area contributed by atoms with E-state index < -0.39 is 0 Å². The van der Waals surface area contributed by atoms with Crippen molar-refractivity contribution >= 4 is 0 Å². The molecular weight excluding hydrogens is 234 g/mol. The van der Waals surface area contributed by atoms with Gasteiger partial charge in [-0.05, 0) is 18.4 Å². The van der Waals surface area contributed by atoms with E-state index in [1.165, 1.54) is 24.0 Å². The highest BCUT2D eigenvalue weighted by atomic mass is 15.2. The highest BCUT2D eigenvalue weighted by Gasteiger charge is 2.40. The van der Waals surface area contributed by atoms with Gasteiger partial charge >= 0.3 is 0 Å². The van der Waals surface area contributed by atoms with Gasteiger partial charge in [0, 0.05) is 24.7 Å². The molecular formula is C16H21N3. The maximum absolute atomic E-state index is 6.82. The zero-order chi connectivity index (χ0) is 13.3. The summed E-state index contributed by atoms with van der Waals surface area (Å²) in [5.41, 5.74) is 9.07. The van der Waals surface area contributed by atoms with Gasteiger partial charge in [-0.2, -0.15) is 5.10 Å². The van der Waals surface area contributed by atoms with Crippen molar-refractivity contribution in [3.05, 3.63) is 53.9 Å². The third-order valence-electron chi connectivity index (χ3n) is 4.40. The van der Waals surface area contributed by atoms with Crippen molar-refractivity contribution in [2.75, 3.05) is 0 Å². The third kappa shape index (κ3) is 2.19. The summed E-state index contributed by atoms with van der Waals surface area (Å²) in [5.74, 6) is 0.395. The van der Waals surface area contributed by atoms with Gasteiger partial charge in [0.2, 0.25) is 0 Å². The zero-order valence-corrected chi connectivity index (χ0v) is 11.4. The van der Waals surface area contributed by atoms with E-state index in [1.54, 1.807) is 0 Å². The second-order valence-corrected chi connectivity index (χ2v) is 5.65. The molecule has 3 nitrogen and oxygen atoms in total. The average molecular weight is 255 g/mol. The van der Waals surface area contributed by atoms with Crippen LogP contribution in [0.1, 0.15) is 42.7 Å². The normalized spacial score (nSPS) is 27.4. The predicted molar refractivity (Wildman–Crippen MR) is 76.7 cm³/mol. The molecule has 1 fully saturated rings. The van der Waals surface area contributed by atoms with Gasteiger partial charge < -0.3 is 5.73 Å². The minimum atomic E-state index is -0.270. The van der Waals surface area contributed by atoms with Crippen LogP contribution in [0, 0.1) is 0 Å². The number of aryl methyl sites for hydroxylation is 1. The van der Waals surface area contributed by atoms with Crippen molar-refractivity contribution in [2.45, 2.75) is 37.1 Å². The van der Waals surface area contributed by atoms with E-state index in [9.17, 15) is 0 Å². The van der Waals surface area contributed by atoms with E-state index in [4.69, 9.17) is 5.73 Å². The number of nitrogens with zero attached hydrogens (tertiary/aromatic N) is 2. The standard InChI is InChI=1S/C16H21N3/c1-19-12-14(11-18-19)16(17)10-6-5-9-15(16)13-7-3-2-4-8-13/h2-4,7-8,11-12,15H,5-6,9-10,17H2,1H3. The van der Waals surface area contributed by atoms with Crippen molar-refractivity contribution in [1.29, 1.82) is 0 Å². The largest absolute Gasteiger partial charge is 0.321 e. The molecule has 1 heterocycles. The Morgan fingerprint density at radius 2 is 2.05 bits per heavy atom. The fourth-order valence-electron chi connectivity index (χ4n) is 3.35. The molecule has 2 atom stereocenters. The second kappa shape index (κ2) is 4.82. The van der Waals surface area contributed by atoms with Gasteiger partial charge in [-0.1, -0.05) is 43.2 Å². The molecule has 19 heavy (non-hydrogen) atoms. The third-order valence-corrected chi connectivity index (χ3v) is 4.40. The molecule has 0 amide bonds. The topological polar surface area (TPSA) is 43.8 Å². The maximum atomic E-state index is 6.82. The van der Waals surface area contributed by atoms with Crippen LogP contribution in [-0.2, 0) is 12.6 Å². The van der Waals surface area contributed by atoms with E-state index in [2.05, 4.69) is 41.6 Å². The van der Waals surface area contributed by atoms with Gasteiger partial charge in [-0.3, -0.25) is 4.68 Å². The monoisotopic (exact) mass is 255 g/mol. The molecule has 3 heteroatoms. The molecule has 2 N–H and O–H groups in total. The molecule has 0 bridgehead atoms. The van der Waals surface area contributed by atoms with Crippen molar-refractivity contribution in [1.82, 2.24) is 9.78 Å². The Morgan fingerprint density at radius 1 is 1.26 bits per heavy atom. The number of aromatic nitrogens is 2. The van der Waals surface area contributed by atoms with E-state index >= 15 is 0 Å². The Hall–Kier alpha value is -1.61. The fourth-order valence-corrected chi connectivity index (χ4v) is 3.35. The summed E-state index contributed by atoms with van der Waals surface area (Å²) in [6, 6.07) is 10.7. The van der Waals surface area contributed by atoms with Crippen LogP contribution in [0.3, 0.4) is 0 Å². The first-order valence-electron chi connectivity index (χ1n) is 7.03. The molecule has 2 aromatic rings. The number of hydrogen-bond donors (Lipinski definition) is 1. The van der Waals surface area contributed by atoms with Crippen LogP contribution in [0.2, 0.25) is 0 Å². The van der Waals surface area contributed by atoms with Crippen LogP contribution in [0.25, 0.3) is 0 Å². The Balaban J connectivity index is 2.01. The summed E-state index contributed by atoms with van der Waals surface area (Å²) in [5, 5.41) is 4.30. The minimum absolute atomic E-state index is 0.270. The first-order valence-corrected chi connectivity index (χ1v) is 7.03. The first-order chi connectivity index (χ1) is 9.20. The summed E-state index contributed by atoms with van der Waals surface area (Å²) in [6.45, 7) is 0. The van der Waals surface area contributed by atoms with Crippen molar-refractivity contribution < 1.29 is 0 Å². The van der Waals surface area contributed by atoms with Crippen LogP contribution in [0.15, 0.2) is 42.7 Å². The van der Waals surface area contributed by atoms with Gasteiger partial charge in [0.05, 0.1) is 11.7 Å². The lowest BCUT2D eigenvalue weighted by atomic mass is 9.67. The highest BCUT2D eigenvalue weighted by molar-refractivity contribution is 5.31. The molecule has 1 saturated carbocycles. The highest BCUT2D eigenvalue weighted by Crippen LogP contribution is 2.45. The predicted octanol–water partition coefficient (Wildman–Crippen LogP) is 2.93. The molecule has 1 aromatic heterocycles. The van der Waals surface area contributed by atoms with Gasteiger partial charge in [-0.25, -0.2) is 0 Å². The van der Waals surface area contributed by atoms with Crippen LogP contribution in [0.4, 0.5) is 0 Å². The zero-order valence-electron chi connectivity index (χ0n) is 11.4. The lowest BCUT2D eigenvalue weighted by Crippen LogP contribution is -2.44. The van der Waals surface area contributed by atoms with Gasteiger partial charge in [-0.15, -0.1) is 0 Å². The molecule has 0 aliphatic heterocycles. The van der Waals surface area contributed by atoms with Crippen LogP contribution >= 0.6 is 0 Å². The van der Waals surface area contributed by atoms with Gasteiger partial charge in [0.15, 0.2) is 0 Å². The smallest absolute Gasteiger partial charge is 0.0540 e. The molecule has 2 unspecified atom stereocenters. The van der Waals surface area contributed by atoms with Crippen molar-refractivity contribution in [3.63, 3.8) is 0 Å². The molecule has 100 valence electrons. The maximum Gasteiger partial charge on any atom is 0.0540 e. The SMILES string of the molecule is Cn1cc(C2(N)CCCCC2c2ccccc2)cn1. The molecule has 0 spiro atoms. The van der Waals surface area contributed by atoms with E-state index in [0.717, 1.165) is 12.8 Å². The van der Waals surface area contributed by atoms with Crippen LogP contribution < -0.4 is 5.73 Å². The van der Waals surface area contributed by atoms with Crippen LogP contribution in [-0.4, -0.2) is 9.78 Å². The van der Waals surface area contributed by atoms with Crippen LogP contribution in [0.5, 0.6) is 0 Å². The van der Waals surface area contributed by atoms with Gasteiger partial charge in [0.1, 0.15) is 0 Å². The first kappa shape index (κ1) is 12.4. The molecule has 0 saturated heterocycles. The summed E-state index contributed by atoms with van der Waals surface area (Å²) in [4.78, 5) is 0. The van der Waals surface area contributed by atoms with E-state index in [1.807, 2.05) is 17.9 Å². The Bertz CT molecular complexity index is 546. The summed E-state index contributed by atoms with van der Waals surface area (Å²) < 4.78 is 1.85. The number of benzene rings is 1. The average Bonchev–Trinajstić information content (AvgIpc) is 2.88. The quantitative estimate of drug-likeness (QED) is 0.896. The molecule has 0 radical (unpaired) electrons. The summed E-state index contributed by atoms with van der Waals surface area (Å²) >= 11 is 0. The Kier molecular flexibility index (Phi) is 3.15. The Morgan fingerprint density at radius 3 is 2.74 bits per heavy atom. The van der Waals surface area contributed by atoms with E-state index in [-0.39, 0.29) is 5.54 Å². The number of nitrogens with two attached hydrogens (primary N) is 1. The second-order valence-electron chi connectivity index (χ2n) is 5.65.